The summed E-state index contributed by atoms with van der Waals surface area (Å²) in [6.07, 6.45) is 1.31. The number of hydrogen-bond donors (Lipinski definition) is 0. The van der Waals surface area contributed by atoms with Gasteiger partial charge >= 0.3 is 5.97 Å². The fourth-order valence-electron chi connectivity index (χ4n) is 2.92. The van der Waals surface area contributed by atoms with Crippen molar-refractivity contribution in [2.24, 2.45) is 0 Å². The highest BCUT2D eigenvalue weighted by Crippen LogP contribution is 2.47. The van der Waals surface area contributed by atoms with Gasteiger partial charge in [0.2, 0.25) is 5.91 Å². The summed E-state index contributed by atoms with van der Waals surface area (Å²) < 4.78 is 11.8. The van der Waals surface area contributed by atoms with Crippen LogP contribution in [-0.2, 0) is 14.3 Å². The molecule has 23 heavy (non-hydrogen) atoms. The third-order valence-corrected chi connectivity index (χ3v) is 6.16. The van der Waals surface area contributed by atoms with Gasteiger partial charge in [0.25, 0.3) is 0 Å². The number of carbonyl (C=O) groups is 2. The number of rotatable bonds is 5. The van der Waals surface area contributed by atoms with Gasteiger partial charge in [0.15, 0.2) is 0 Å². The van der Waals surface area contributed by atoms with Gasteiger partial charge in [-0.15, -0.1) is 11.8 Å². The summed E-state index contributed by atoms with van der Waals surface area (Å²) >= 11 is 5.02. The molecule has 124 valence electrons. The number of carbonyl (C=O) groups excluding carboxylic acids is 2. The topological polar surface area (TPSA) is 55.8 Å². The number of hydrogen-bond acceptors (Lipinski definition) is 5. The fraction of sp³-hybridized carbons (Fsp3) is 0.500. The number of ether oxygens (including phenoxy) is 2. The molecule has 0 aromatic heterocycles. The molecule has 1 amide bonds. The lowest BCUT2D eigenvalue weighted by molar-refractivity contribution is -0.154. The minimum absolute atomic E-state index is 0.0468. The second-order valence-corrected chi connectivity index (χ2v) is 8.15. The average Bonchev–Trinajstić information content (AvgIpc) is 3.02. The first-order valence-electron chi connectivity index (χ1n) is 7.51. The molecule has 5 nitrogen and oxygen atoms in total. The zero-order valence-electron chi connectivity index (χ0n) is 12.8. The first-order valence-corrected chi connectivity index (χ1v) is 9.29. The molecule has 1 aromatic rings. The molecular formula is C16H18BrNO4S. The molecule has 7 heteroatoms. The molecule has 0 N–H and O–H groups in total. The molecule has 0 bridgehead atoms. The highest BCUT2D eigenvalue weighted by molar-refractivity contribution is 9.10. The maximum atomic E-state index is 12.2. The lowest BCUT2D eigenvalue weighted by atomic mass is 10.2. The lowest BCUT2D eigenvalue weighted by Crippen LogP contribution is -2.46. The summed E-state index contributed by atoms with van der Waals surface area (Å²) in [5.74, 6) is 1.04. The lowest BCUT2D eigenvalue weighted by Gasteiger charge is -2.29. The Morgan fingerprint density at radius 3 is 2.87 bits per heavy atom. The molecule has 3 rings (SSSR count). The van der Waals surface area contributed by atoms with Crippen LogP contribution in [-0.4, -0.2) is 46.7 Å². The molecule has 2 aliphatic rings. The first-order chi connectivity index (χ1) is 11.0. The van der Waals surface area contributed by atoms with Crippen molar-refractivity contribution in [2.45, 2.75) is 30.7 Å². The minimum atomic E-state index is -0.465. The van der Waals surface area contributed by atoms with Crippen molar-refractivity contribution in [1.29, 1.82) is 0 Å². The number of thioether (sulfide) groups is 1. The van der Waals surface area contributed by atoms with Crippen LogP contribution in [0.15, 0.2) is 28.7 Å². The van der Waals surface area contributed by atoms with Gasteiger partial charge in [-0.25, -0.2) is 4.79 Å². The van der Waals surface area contributed by atoms with Gasteiger partial charge in [0.1, 0.15) is 25.0 Å². The molecule has 0 spiro atoms. The second kappa shape index (κ2) is 6.73. The van der Waals surface area contributed by atoms with Crippen molar-refractivity contribution in [3.63, 3.8) is 0 Å². The predicted octanol–water partition coefficient (Wildman–Crippen LogP) is 2.83. The highest BCUT2D eigenvalue weighted by Gasteiger charge is 2.53. The van der Waals surface area contributed by atoms with Crippen LogP contribution in [0.3, 0.4) is 0 Å². The Morgan fingerprint density at radius 2 is 2.13 bits per heavy atom. The van der Waals surface area contributed by atoms with Gasteiger partial charge in [-0.1, -0.05) is 15.9 Å². The predicted molar refractivity (Wildman–Crippen MR) is 91.3 cm³/mol. The number of amides is 1. The van der Waals surface area contributed by atoms with Crippen molar-refractivity contribution in [2.75, 3.05) is 19.0 Å². The van der Waals surface area contributed by atoms with Crippen molar-refractivity contribution in [3.05, 3.63) is 28.7 Å². The SMILES string of the molecule is C[C@@]12CCC(=O)N1[C@H](C(=O)OCCOc1ccc(Br)cc1)CS2. The largest absolute Gasteiger partial charge is 0.490 e. The molecular weight excluding hydrogens is 382 g/mol. The average molecular weight is 400 g/mol. The van der Waals surface area contributed by atoms with Crippen LogP contribution in [0, 0.1) is 0 Å². The van der Waals surface area contributed by atoms with E-state index in [0.717, 1.165) is 16.6 Å². The molecule has 0 unspecified atom stereocenters. The number of esters is 1. The van der Waals surface area contributed by atoms with Gasteiger partial charge in [0, 0.05) is 16.6 Å². The van der Waals surface area contributed by atoms with Crippen molar-refractivity contribution in [1.82, 2.24) is 4.90 Å². The summed E-state index contributed by atoms with van der Waals surface area (Å²) in [6, 6.07) is 6.99. The van der Waals surface area contributed by atoms with Crippen molar-refractivity contribution in [3.8, 4) is 5.75 Å². The van der Waals surface area contributed by atoms with E-state index < -0.39 is 6.04 Å². The Bertz CT molecular complexity index is 609. The summed E-state index contributed by atoms with van der Waals surface area (Å²) in [5, 5.41) is 0. The van der Waals surface area contributed by atoms with Crippen LogP contribution < -0.4 is 4.74 Å². The summed E-state index contributed by atoms with van der Waals surface area (Å²) in [4.78, 5) is 25.7. The van der Waals surface area contributed by atoms with Gasteiger partial charge in [-0.3, -0.25) is 4.79 Å². The van der Waals surface area contributed by atoms with Crippen LogP contribution in [0.2, 0.25) is 0 Å². The van der Waals surface area contributed by atoms with E-state index in [4.69, 9.17) is 9.47 Å². The first kappa shape index (κ1) is 16.6. The third kappa shape index (κ3) is 3.50. The Balaban J connectivity index is 1.46. The zero-order valence-corrected chi connectivity index (χ0v) is 15.2. The smallest absolute Gasteiger partial charge is 0.329 e. The standard InChI is InChI=1S/C16H18BrNO4S/c1-16-7-6-14(19)18(16)13(10-23-16)15(20)22-9-8-21-12-4-2-11(17)3-5-12/h2-5,13H,6-10H2,1H3/t13-,16+/m0/s1. The molecule has 1 aromatic carbocycles. The van der Waals surface area contributed by atoms with Gasteiger partial charge in [-0.2, -0.15) is 0 Å². The van der Waals surface area contributed by atoms with Crippen LogP contribution in [0.1, 0.15) is 19.8 Å². The third-order valence-electron chi connectivity index (χ3n) is 4.13. The molecule has 2 fully saturated rings. The number of halogens is 1. The van der Waals surface area contributed by atoms with Crippen LogP contribution in [0.5, 0.6) is 5.75 Å². The Kier molecular flexibility index (Phi) is 4.87. The van der Waals surface area contributed by atoms with Gasteiger partial charge in [0.05, 0.1) is 4.87 Å². The van der Waals surface area contributed by atoms with Crippen molar-refractivity contribution < 1.29 is 19.1 Å². The Labute approximate surface area is 147 Å². The second-order valence-electron chi connectivity index (χ2n) is 5.74. The van der Waals surface area contributed by atoms with E-state index in [-0.39, 0.29) is 23.4 Å². The normalized spacial score (nSPS) is 26.3. The molecule has 0 saturated carbocycles. The molecule has 2 saturated heterocycles. The number of nitrogens with zero attached hydrogens (tertiary/aromatic N) is 1. The Morgan fingerprint density at radius 1 is 1.39 bits per heavy atom. The number of benzene rings is 1. The highest BCUT2D eigenvalue weighted by atomic mass is 79.9. The van der Waals surface area contributed by atoms with E-state index in [1.807, 2.05) is 31.2 Å². The summed E-state index contributed by atoms with van der Waals surface area (Å²) in [6.45, 7) is 2.49. The van der Waals surface area contributed by atoms with Gasteiger partial charge in [-0.05, 0) is 37.6 Å². The summed E-state index contributed by atoms with van der Waals surface area (Å²) in [7, 11) is 0. The van der Waals surface area contributed by atoms with E-state index in [0.29, 0.717) is 18.8 Å². The van der Waals surface area contributed by atoms with Gasteiger partial charge < -0.3 is 14.4 Å². The molecule has 2 atom stereocenters. The number of fused-ring (bicyclic) bond motifs is 1. The van der Waals surface area contributed by atoms with E-state index in [2.05, 4.69) is 15.9 Å². The molecule has 0 aliphatic carbocycles. The summed E-state index contributed by atoms with van der Waals surface area (Å²) in [5.41, 5.74) is 0. The molecule has 2 heterocycles. The quantitative estimate of drug-likeness (QED) is 0.562. The maximum Gasteiger partial charge on any atom is 0.329 e. The van der Waals surface area contributed by atoms with E-state index >= 15 is 0 Å². The molecule has 0 radical (unpaired) electrons. The monoisotopic (exact) mass is 399 g/mol. The van der Waals surface area contributed by atoms with E-state index in [9.17, 15) is 9.59 Å². The zero-order chi connectivity index (χ0) is 16.4. The van der Waals surface area contributed by atoms with E-state index in [1.54, 1.807) is 16.7 Å². The van der Waals surface area contributed by atoms with Crippen LogP contribution >= 0.6 is 27.7 Å². The minimum Gasteiger partial charge on any atom is -0.490 e. The van der Waals surface area contributed by atoms with Crippen molar-refractivity contribution >= 4 is 39.6 Å². The fourth-order valence-corrected chi connectivity index (χ4v) is 4.60. The molecule has 2 aliphatic heterocycles. The maximum absolute atomic E-state index is 12.2. The Hall–Kier alpha value is -1.21. The van der Waals surface area contributed by atoms with Crippen LogP contribution in [0.4, 0.5) is 0 Å². The van der Waals surface area contributed by atoms with Crippen LogP contribution in [0.25, 0.3) is 0 Å². The van der Waals surface area contributed by atoms with E-state index in [1.165, 1.54) is 0 Å².